The molecule has 2 N–H and O–H groups in total. The number of carbonyl (C=O) groups excluding carboxylic acids is 1. The highest BCUT2D eigenvalue weighted by atomic mass is 16.2. The second-order valence-corrected chi connectivity index (χ2v) is 6.75. The summed E-state index contributed by atoms with van der Waals surface area (Å²) in [6.07, 6.45) is 0.865. The second kappa shape index (κ2) is 5.95. The molecule has 0 saturated heterocycles. The van der Waals surface area contributed by atoms with Crippen LogP contribution in [-0.2, 0) is 0 Å². The smallest absolute Gasteiger partial charge is 0.326 e. The van der Waals surface area contributed by atoms with Crippen LogP contribution in [0.4, 0.5) is 21.9 Å². The molecule has 0 fully saturated rings. The van der Waals surface area contributed by atoms with Crippen LogP contribution in [-0.4, -0.2) is 17.6 Å². The molecule has 2 amide bonds. The van der Waals surface area contributed by atoms with Crippen molar-refractivity contribution in [2.45, 2.75) is 38.8 Å². The molecule has 0 unspecified atom stereocenters. The van der Waals surface area contributed by atoms with Gasteiger partial charge in [-0.2, -0.15) is 0 Å². The van der Waals surface area contributed by atoms with Crippen LogP contribution in [0.15, 0.2) is 54.6 Å². The third-order valence-corrected chi connectivity index (χ3v) is 4.13. The number of nitrogens with zero attached hydrogens (tertiary/aromatic N) is 1. The topological polar surface area (TPSA) is 44.4 Å². The Morgan fingerprint density at radius 3 is 2.52 bits per heavy atom. The summed E-state index contributed by atoms with van der Waals surface area (Å²) in [7, 11) is 0. The molecule has 0 aromatic heterocycles. The van der Waals surface area contributed by atoms with Crippen LogP contribution in [0.3, 0.4) is 0 Å². The van der Waals surface area contributed by atoms with Gasteiger partial charge in [-0.3, -0.25) is 4.90 Å². The fourth-order valence-electron chi connectivity index (χ4n) is 3.29. The van der Waals surface area contributed by atoms with E-state index in [1.165, 1.54) is 0 Å². The molecule has 1 heterocycles. The van der Waals surface area contributed by atoms with Crippen molar-refractivity contribution in [2.75, 3.05) is 15.5 Å². The van der Waals surface area contributed by atoms with Crippen molar-refractivity contribution in [3.63, 3.8) is 0 Å². The number of hydrogen-bond acceptors (Lipinski definition) is 2. The van der Waals surface area contributed by atoms with Gasteiger partial charge in [0.1, 0.15) is 0 Å². The van der Waals surface area contributed by atoms with Gasteiger partial charge in [-0.1, -0.05) is 30.3 Å². The lowest BCUT2D eigenvalue weighted by Crippen LogP contribution is -2.44. The Balaban J connectivity index is 1.95. The largest absolute Gasteiger partial charge is 0.378 e. The maximum Gasteiger partial charge on any atom is 0.326 e. The number of fused-ring (bicyclic) bond motifs is 1. The van der Waals surface area contributed by atoms with E-state index in [0.717, 1.165) is 23.5 Å². The summed E-state index contributed by atoms with van der Waals surface area (Å²) >= 11 is 0. The van der Waals surface area contributed by atoms with Gasteiger partial charge in [0.05, 0.1) is 11.4 Å². The van der Waals surface area contributed by atoms with Crippen molar-refractivity contribution in [2.24, 2.45) is 0 Å². The molecule has 0 saturated carbocycles. The molecule has 0 spiro atoms. The maximum atomic E-state index is 12.9. The third-order valence-electron chi connectivity index (χ3n) is 4.13. The predicted molar refractivity (Wildman–Crippen MR) is 96.2 cm³/mol. The van der Waals surface area contributed by atoms with Gasteiger partial charge in [0.2, 0.25) is 0 Å². The molecule has 0 aliphatic carbocycles. The molecule has 120 valence electrons. The molecular formula is C19H23N3O. The number of para-hydroxylation sites is 3. The average molecular weight is 309 g/mol. The first-order valence-corrected chi connectivity index (χ1v) is 7.99. The maximum absolute atomic E-state index is 12.9. The number of carbonyl (C=O) groups is 1. The Hall–Kier alpha value is -2.49. The van der Waals surface area contributed by atoms with E-state index in [0.29, 0.717) is 0 Å². The molecule has 23 heavy (non-hydrogen) atoms. The van der Waals surface area contributed by atoms with Crippen molar-refractivity contribution < 1.29 is 4.79 Å². The highest BCUT2D eigenvalue weighted by molar-refractivity contribution is 6.04. The van der Waals surface area contributed by atoms with E-state index in [2.05, 4.69) is 31.4 Å². The van der Waals surface area contributed by atoms with Crippen molar-refractivity contribution >= 4 is 23.1 Å². The molecule has 0 radical (unpaired) electrons. The van der Waals surface area contributed by atoms with Crippen LogP contribution in [0, 0.1) is 0 Å². The highest BCUT2D eigenvalue weighted by Crippen LogP contribution is 2.36. The third kappa shape index (κ3) is 3.31. The molecular weight excluding hydrogens is 286 g/mol. The van der Waals surface area contributed by atoms with Gasteiger partial charge in [-0.15, -0.1) is 0 Å². The Labute approximate surface area is 137 Å². The molecule has 2 aromatic carbocycles. The summed E-state index contributed by atoms with van der Waals surface area (Å²) in [5.74, 6) is 0. The minimum absolute atomic E-state index is 0.0721. The number of nitrogens with one attached hydrogen (secondary N) is 2. The quantitative estimate of drug-likeness (QED) is 0.801. The number of rotatable bonds is 1. The summed E-state index contributed by atoms with van der Waals surface area (Å²) in [5.41, 5.74) is 2.64. The second-order valence-electron chi connectivity index (χ2n) is 6.75. The van der Waals surface area contributed by atoms with Gasteiger partial charge in [-0.25, -0.2) is 4.79 Å². The molecule has 1 aliphatic heterocycles. The Morgan fingerprint density at radius 1 is 1.13 bits per heavy atom. The lowest BCUT2D eigenvalue weighted by Gasteiger charge is -2.30. The van der Waals surface area contributed by atoms with Crippen LogP contribution < -0.4 is 15.5 Å². The van der Waals surface area contributed by atoms with Crippen LogP contribution in [0.5, 0.6) is 0 Å². The molecule has 3 rings (SSSR count). The number of urea groups is 1. The standard InChI is InChI=1S/C19H23N3O/c1-14-13-19(2,3)21-16-11-7-8-12-17(16)22(14)18(23)20-15-9-5-4-6-10-15/h4-12,14,21H,13H2,1-3H3,(H,20,23)/t14-/m0/s1. The van der Waals surface area contributed by atoms with Crippen LogP contribution in [0.1, 0.15) is 27.2 Å². The Kier molecular flexibility index (Phi) is 3.99. The van der Waals surface area contributed by atoms with Gasteiger partial charge in [0.15, 0.2) is 0 Å². The number of amides is 2. The number of anilines is 3. The first-order valence-electron chi connectivity index (χ1n) is 7.99. The lowest BCUT2D eigenvalue weighted by molar-refractivity contribution is 0.254. The fourth-order valence-corrected chi connectivity index (χ4v) is 3.29. The van der Waals surface area contributed by atoms with Gasteiger partial charge in [-0.05, 0) is 51.5 Å². The molecule has 4 heteroatoms. The summed E-state index contributed by atoms with van der Waals surface area (Å²) in [5, 5.41) is 6.55. The predicted octanol–water partition coefficient (Wildman–Crippen LogP) is 4.71. The van der Waals surface area contributed by atoms with Crippen LogP contribution in [0.2, 0.25) is 0 Å². The SMILES string of the molecule is C[C@H]1CC(C)(C)Nc2ccccc2N1C(=O)Nc1ccccc1. The zero-order valence-electron chi connectivity index (χ0n) is 13.8. The Bertz CT molecular complexity index is 697. The first kappa shape index (κ1) is 15.4. The van der Waals surface area contributed by atoms with E-state index < -0.39 is 0 Å². The van der Waals surface area contributed by atoms with Crippen molar-refractivity contribution in [3.8, 4) is 0 Å². The number of hydrogen-bond donors (Lipinski definition) is 2. The number of benzene rings is 2. The molecule has 1 atom stereocenters. The summed E-state index contributed by atoms with van der Waals surface area (Å²) in [6.45, 7) is 6.42. The van der Waals surface area contributed by atoms with E-state index in [4.69, 9.17) is 0 Å². The Morgan fingerprint density at radius 2 is 1.78 bits per heavy atom. The summed E-state index contributed by atoms with van der Waals surface area (Å²) in [6, 6.07) is 17.5. The van der Waals surface area contributed by atoms with Crippen LogP contribution >= 0.6 is 0 Å². The zero-order valence-corrected chi connectivity index (χ0v) is 13.8. The molecule has 0 bridgehead atoms. The molecule has 2 aromatic rings. The minimum Gasteiger partial charge on any atom is -0.378 e. The summed E-state index contributed by atoms with van der Waals surface area (Å²) in [4.78, 5) is 14.7. The van der Waals surface area contributed by atoms with E-state index in [1.54, 1.807) is 0 Å². The van der Waals surface area contributed by atoms with Gasteiger partial charge in [0.25, 0.3) is 0 Å². The first-order chi connectivity index (χ1) is 11.0. The normalized spacial score (nSPS) is 19.3. The van der Waals surface area contributed by atoms with Crippen molar-refractivity contribution in [1.82, 2.24) is 0 Å². The van der Waals surface area contributed by atoms with E-state index in [9.17, 15) is 4.79 Å². The monoisotopic (exact) mass is 309 g/mol. The fraction of sp³-hybridized carbons (Fsp3) is 0.316. The van der Waals surface area contributed by atoms with E-state index in [1.807, 2.05) is 59.5 Å². The van der Waals surface area contributed by atoms with E-state index in [-0.39, 0.29) is 17.6 Å². The summed E-state index contributed by atoms with van der Waals surface area (Å²) < 4.78 is 0. The minimum atomic E-state index is -0.101. The van der Waals surface area contributed by atoms with Crippen LogP contribution in [0.25, 0.3) is 0 Å². The lowest BCUT2D eigenvalue weighted by atomic mass is 9.96. The van der Waals surface area contributed by atoms with Crippen molar-refractivity contribution in [1.29, 1.82) is 0 Å². The zero-order chi connectivity index (χ0) is 16.4. The average Bonchev–Trinajstić information content (AvgIpc) is 2.59. The molecule has 4 nitrogen and oxygen atoms in total. The van der Waals surface area contributed by atoms with Gasteiger partial charge >= 0.3 is 6.03 Å². The van der Waals surface area contributed by atoms with Gasteiger partial charge < -0.3 is 10.6 Å². The van der Waals surface area contributed by atoms with Crippen molar-refractivity contribution in [3.05, 3.63) is 54.6 Å². The van der Waals surface area contributed by atoms with Gasteiger partial charge in [0, 0.05) is 17.3 Å². The highest BCUT2D eigenvalue weighted by Gasteiger charge is 2.33. The molecule has 1 aliphatic rings. The van der Waals surface area contributed by atoms with E-state index >= 15 is 0 Å².